The van der Waals surface area contributed by atoms with Crippen molar-refractivity contribution in [2.45, 2.75) is 19.0 Å². The summed E-state index contributed by atoms with van der Waals surface area (Å²) in [6.45, 7) is 2.26. The minimum absolute atomic E-state index is 0.0732. The number of benzene rings is 1. The van der Waals surface area contributed by atoms with Gasteiger partial charge in [0.25, 0.3) is 0 Å². The van der Waals surface area contributed by atoms with Crippen LogP contribution in [0.15, 0.2) is 24.3 Å². The van der Waals surface area contributed by atoms with Crippen LogP contribution in [0, 0.1) is 5.92 Å². The first-order valence-electron chi connectivity index (χ1n) is 6.07. The Kier molecular flexibility index (Phi) is 4.11. The third-order valence-corrected chi connectivity index (χ3v) is 3.14. The zero-order valence-corrected chi connectivity index (χ0v) is 9.96. The van der Waals surface area contributed by atoms with Crippen LogP contribution in [0.5, 0.6) is 5.75 Å². The highest BCUT2D eigenvalue weighted by molar-refractivity contribution is 5.35. The average molecular weight is 259 g/mol. The van der Waals surface area contributed by atoms with Crippen molar-refractivity contribution < 1.29 is 17.9 Å². The predicted octanol–water partition coefficient (Wildman–Crippen LogP) is 3.08. The summed E-state index contributed by atoms with van der Waals surface area (Å²) < 4.78 is 43.3. The Labute approximate surface area is 104 Å². The summed E-state index contributed by atoms with van der Waals surface area (Å²) in [6, 6.07) is 5.35. The standard InChI is InChI=1S/C13H16F3NO/c14-13(15,16)11-3-1-2-4-12(11)18-8-6-10-5-7-17-9-10/h1-4,10,17H,5-9H2. The summed E-state index contributed by atoms with van der Waals surface area (Å²) in [5.41, 5.74) is -0.699. The molecule has 5 heteroatoms. The van der Waals surface area contributed by atoms with E-state index in [1.807, 2.05) is 0 Å². The number of rotatable bonds is 4. The van der Waals surface area contributed by atoms with Crippen molar-refractivity contribution in [3.8, 4) is 5.75 Å². The molecule has 2 nitrogen and oxygen atoms in total. The molecule has 0 bridgehead atoms. The lowest BCUT2D eigenvalue weighted by atomic mass is 10.1. The fourth-order valence-corrected chi connectivity index (χ4v) is 2.12. The van der Waals surface area contributed by atoms with E-state index in [4.69, 9.17) is 4.74 Å². The lowest BCUT2D eigenvalue weighted by Crippen LogP contribution is -2.13. The third kappa shape index (κ3) is 3.38. The Morgan fingerprint density at radius 2 is 2.06 bits per heavy atom. The number of alkyl halides is 3. The van der Waals surface area contributed by atoms with Gasteiger partial charge in [0, 0.05) is 0 Å². The van der Waals surface area contributed by atoms with Gasteiger partial charge in [0.05, 0.1) is 12.2 Å². The summed E-state index contributed by atoms with van der Waals surface area (Å²) in [7, 11) is 0. The maximum Gasteiger partial charge on any atom is 0.419 e. The van der Waals surface area contributed by atoms with E-state index in [0.717, 1.165) is 32.0 Å². The van der Waals surface area contributed by atoms with Gasteiger partial charge in [-0.25, -0.2) is 0 Å². The van der Waals surface area contributed by atoms with Gasteiger partial charge in [0.1, 0.15) is 5.75 Å². The molecule has 100 valence electrons. The largest absolute Gasteiger partial charge is 0.493 e. The predicted molar refractivity (Wildman–Crippen MR) is 62.5 cm³/mol. The van der Waals surface area contributed by atoms with Crippen LogP contribution in [-0.2, 0) is 6.18 Å². The molecule has 1 heterocycles. The monoisotopic (exact) mass is 259 g/mol. The molecule has 1 fully saturated rings. The van der Waals surface area contributed by atoms with Crippen molar-refractivity contribution >= 4 is 0 Å². The third-order valence-electron chi connectivity index (χ3n) is 3.14. The number of para-hydroxylation sites is 1. The maximum atomic E-state index is 12.7. The number of halogens is 3. The van der Waals surface area contributed by atoms with Gasteiger partial charge in [-0.2, -0.15) is 13.2 Å². The molecule has 0 radical (unpaired) electrons. The molecule has 1 atom stereocenters. The first kappa shape index (κ1) is 13.2. The Morgan fingerprint density at radius 1 is 1.28 bits per heavy atom. The molecule has 1 aromatic rings. The van der Waals surface area contributed by atoms with E-state index in [9.17, 15) is 13.2 Å². The first-order chi connectivity index (χ1) is 8.57. The summed E-state index contributed by atoms with van der Waals surface area (Å²) in [6.07, 6.45) is -2.49. The summed E-state index contributed by atoms with van der Waals surface area (Å²) >= 11 is 0. The van der Waals surface area contributed by atoms with E-state index < -0.39 is 11.7 Å². The van der Waals surface area contributed by atoms with E-state index in [1.54, 1.807) is 6.07 Å². The molecule has 1 aliphatic rings. The van der Waals surface area contributed by atoms with Crippen LogP contribution < -0.4 is 10.1 Å². The van der Waals surface area contributed by atoms with Gasteiger partial charge >= 0.3 is 6.18 Å². The van der Waals surface area contributed by atoms with Gasteiger partial charge in [-0.1, -0.05) is 12.1 Å². The number of ether oxygens (including phenoxy) is 1. The Bertz CT molecular complexity index is 386. The second-order valence-corrected chi connectivity index (χ2v) is 4.49. The normalized spacial score (nSPS) is 20.1. The van der Waals surface area contributed by atoms with E-state index in [0.29, 0.717) is 12.5 Å². The van der Waals surface area contributed by atoms with Gasteiger partial charge < -0.3 is 10.1 Å². The lowest BCUT2D eigenvalue weighted by Gasteiger charge is -2.14. The first-order valence-corrected chi connectivity index (χ1v) is 6.07. The average Bonchev–Trinajstić information content (AvgIpc) is 2.81. The van der Waals surface area contributed by atoms with Crippen LogP contribution in [0.4, 0.5) is 13.2 Å². The van der Waals surface area contributed by atoms with Crippen LogP contribution in [0.3, 0.4) is 0 Å². The van der Waals surface area contributed by atoms with Crippen molar-refractivity contribution in [1.29, 1.82) is 0 Å². The van der Waals surface area contributed by atoms with E-state index >= 15 is 0 Å². The number of hydrogen-bond acceptors (Lipinski definition) is 2. The Morgan fingerprint density at radius 3 is 2.72 bits per heavy atom. The second-order valence-electron chi connectivity index (χ2n) is 4.49. The molecule has 1 saturated heterocycles. The summed E-state index contributed by atoms with van der Waals surface area (Å²) in [5, 5.41) is 3.22. The zero-order chi connectivity index (χ0) is 13.0. The van der Waals surface area contributed by atoms with E-state index in [2.05, 4.69) is 5.32 Å². The highest BCUT2D eigenvalue weighted by Gasteiger charge is 2.34. The second kappa shape index (κ2) is 5.61. The molecular weight excluding hydrogens is 243 g/mol. The molecule has 0 aliphatic carbocycles. The molecule has 1 N–H and O–H groups in total. The van der Waals surface area contributed by atoms with E-state index in [-0.39, 0.29) is 5.75 Å². The van der Waals surface area contributed by atoms with Crippen molar-refractivity contribution in [3.63, 3.8) is 0 Å². The molecule has 0 saturated carbocycles. The SMILES string of the molecule is FC(F)(F)c1ccccc1OCCC1CCNC1. The van der Waals surface area contributed by atoms with Crippen LogP contribution in [0.1, 0.15) is 18.4 Å². The Hall–Kier alpha value is -1.23. The molecular formula is C13H16F3NO. The Balaban J connectivity index is 1.92. The van der Waals surface area contributed by atoms with Crippen molar-refractivity contribution in [2.24, 2.45) is 5.92 Å². The molecule has 2 rings (SSSR count). The molecule has 0 spiro atoms. The van der Waals surface area contributed by atoms with Gasteiger partial charge in [-0.05, 0) is 44.0 Å². The van der Waals surface area contributed by atoms with Crippen LogP contribution in [0.25, 0.3) is 0 Å². The van der Waals surface area contributed by atoms with Crippen LogP contribution in [-0.4, -0.2) is 19.7 Å². The van der Waals surface area contributed by atoms with Crippen molar-refractivity contribution in [3.05, 3.63) is 29.8 Å². The van der Waals surface area contributed by atoms with Gasteiger partial charge in [0.2, 0.25) is 0 Å². The zero-order valence-electron chi connectivity index (χ0n) is 9.96. The fraction of sp³-hybridized carbons (Fsp3) is 0.538. The van der Waals surface area contributed by atoms with Crippen LogP contribution >= 0.6 is 0 Å². The molecule has 1 aromatic carbocycles. The minimum atomic E-state index is -4.36. The molecule has 0 aromatic heterocycles. The van der Waals surface area contributed by atoms with Crippen molar-refractivity contribution in [1.82, 2.24) is 5.32 Å². The number of hydrogen-bond donors (Lipinski definition) is 1. The summed E-state index contributed by atoms with van der Waals surface area (Å²) in [5.74, 6) is 0.444. The fourth-order valence-electron chi connectivity index (χ4n) is 2.12. The van der Waals surface area contributed by atoms with Gasteiger partial charge in [-0.3, -0.25) is 0 Å². The minimum Gasteiger partial charge on any atom is -0.493 e. The van der Waals surface area contributed by atoms with Gasteiger partial charge in [0.15, 0.2) is 0 Å². The lowest BCUT2D eigenvalue weighted by molar-refractivity contribution is -0.139. The molecule has 18 heavy (non-hydrogen) atoms. The molecule has 1 aliphatic heterocycles. The van der Waals surface area contributed by atoms with Crippen LogP contribution in [0.2, 0.25) is 0 Å². The summed E-state index contributed by atoms with van der Waals surface area (Å²) in [4.78, 5) is 0. The highest BCUT2D eigenvalue weighted by Crippen LogP contribution is 2.35. The maximum absolute atomic E-state index is 12.7. The molecule has 1 unspecified atom stereocenters. The number of nitrogens with one attached hydrogen (secondary N) is 1. The molecule has 0 amide bonds. The van der Waals surface area contributed by atoms with Gasteiger partial charge in [-0.15, -0.1) is 0 Å². The highest BCUT2D eigenvalue weighted by atomic mass is 19.4. The topological polar surface area (TPSA) is 21.3 Å². The van der Waals surface area contributed by atoms with E-state index in [1.165, 1.54) is 12.1 Å². The van der Waals surface area contributed by atoms with Crippen molar-refractivity contribution in [2.75, 3.05) is 19.7 Å². The quantitative estimate of drug-likeness (QED) is 0.897. The smallest absolute Gasteiger partial charge is 0.419 e.